The predicted octanol–water partition coefficient (Wildman–Crippen LogP) is -1.01. The highest BCUT2D eigenvalue weighted by Gasteiger charge is 2.10. The molecular weight excluding hydrogens is 212 g/mol. The third-order valence-corrected chi connectivity index (χ3v) is 1.64. The summed E-state index contributed by atoms with van der Waals surface area (Å²) in [6.45, 7) is 3.47. The van der Waals surface area contributed by atoms with Gasteiger partial charge in [-0.25, -0.2) is 0 Å². The average molecular weight is 222 g/mol. The second-order valence-corrected chi connectivity index (χ2v) is 3.23. The summed E-state index contributed by atoms with van der Waals surface area (Å²) in [5, 5.41) is 31.4. The number of tetrazole rings is 1. The number of nitrogens with zero attached hydrogens (tertiary/aromatic N) is 8. The van der Waals surface area contributed by atoms with Crippen LogP contribution in [0.25, 0.3) is 5.95 Å². The molecule has 16 heavy (non-hydrogen) atoms. The van der Waals surface area contributed by atoms with Crippen LogP contribution in [0.5, 0.6) is 0 Å². The normalized spacial score (nSPS) is 10.4. The van der Waals surface area contributed by atoms with Gasteiger partial charge >= 0.3 is 0 Å². The summed E-state index contributed by atoms with van der Waals surface area (Å²) in [4.78, 5) is 1.24. The molecule has 0 aliphatic carbocycles. The molecule has 0 saturated heterocycles. The standard InChI is InChI=1S/C7H10N8O/c1-5(2)10-15-7(9-11-13-15)14-3-6(4-16)8-12-14/h3,16H,4H2,1-2H3. The molecule has 2 aromatic rings. The highest BCUT2D eigenvalue weighted by Crippen LogP contribution is 2.01. The van der Waals surface area contributed by atoms with E-state index in [9.17, 15) is 0 Å². The van der Waals surface area contributed by atoms with E-state index in [-0.39, 0.29) is 6.61 Å². The van der Waals surface area contributed by atoms with E-state index in [2.05, 4.69) is 30.9 Å². The summed E-state index contributed by atoms with van der Waals surface area (Å²) in [7, 11) is 0. The van der Waals surface area contributed by atoms with E-state index in [1.165, 1.54) is 15.7 Å². The Morgan fingerprint density at radius 2 is 2.19 bits per heavy atom. The minimum atomic E-state index is -0.183. The van der Waals surface area contributed by atoms with Crippen LogP contribution in [0.1, 0.15) is 19.5 Å². The van der Waals surface area contributed by atoms with Crippen molar-refractivity contribution < 1.29 is 5.11 Å². The molecule has 0 fully saturated rings. The fourth-order valence-electron chi connectivity index (χ4n) is 1.04. The van der Waals surface area contributed by atoms with Crippen molar-refractivity contribution in [1.29, 1.82) is 0 Å². The molecule has 0 saturated carbocycles. The molecular formula is C7H10N8O. The monoisotopic (exact) mass is 222 g/mol. The van der Waals surface area contributed by atoms with E-state index in [0.29, 0.717) is 11.6 Å². The van der Waals surface area contributed by atoms with Crippen LogP contribution in [-0.2, 0) is 6.61 Å². The molecule has 9 heteroatoms. The van der Waals surface area contributed by atoms with Gasteiger partial charge in [-0.3, -0.25) is 0 Å². The first-order valence-corrected chi connectivity index (χ1v) is 4.53. The lowest BCUT2D eigenvalue weighted by atomic mass is 10.5. The summed E-state index contributed by atoms with van der Waals surface area (Å²) in [5.74, 6) is 0.313. The summed E-state index contributed by atoms with van der Waals surface area (Å²) in [6.07, 6.45) is 1.53. The van der Waals surface area contributed by atoms with E-state index in [1.807, 2.05) is 13.8 Å². The summed E-state index contributed by atoms with van der Waals surface area (Å²) in [6, 6.07) is 0. The Morgan fingerprint density at radius 1 is 1.38 bits per heavy atom. The van der Waals surface area contributed by atoms with Crippen molar-refractivity contribution in [2.75, 3.05) is 0 Å². The first-order valence-electron chi connectivity index (χ1n) is 4.53. The van der Waals surface area contributed by atoms with Crippen molar-refractivity contribution in [2.45, 2.75) is 20.5 Å². The van der Waals surface area contributed by atoms with Crippen molar-refractivity contribution in [3.8, 4) is 5.95 Å². The van der Waals surface area contributed by atoms with Crippen LogP contribution >= 0.6 is 0 Å². The number of aliphatic hydroxyl groups excluding tert-OH is 1. The van der Waals surface area contributed by atoms with Crippen molar-refractivity contribution in [2.24, 2.45) is 5.10 Å². The highest BCUT2D eigenvalue weighted by molar-refractivity contribution is 5.78. The lowest BCUT2D eigenvalue weighted by molar-refractivity contribution is 0.276. The van der Waals surface area contributed by atoms with Crippen molar-refractivity contribution in [3.05, 3.63) is 11.9 Å². The van der Waals surface area contributed by atoms with Gasteiger partial charge in [0.05, 0.1) is 12.8 Å². The number of hydrogen-bond acceptors (Lipinski definition) is 7. The lowest BCUT2D eigenvalue weighted by Crippen LogP contribution is -2.06. The maximum Gasteiger partial charge on any atom is 0.293 e. The van der Waals surface area contributed by atoms with Crippen LogP contribution in [0, 0.1) is 0 Å². The maximum absolute atomic E-state index is 8.86. The topological polar surface area (TPSA) is 107 Å². The molecule has 2 heterocycles. The molecule has 0 radical (unpaired) electrons. The van der Waals surface area contributed by atoms with Crippen LogP contribution in [0.15, 0.2) is 11.3 Å². The largest absolute Gasteiger partial charge is 0.390 e. The molecule has 0 aliphatic rings. The smallest absolute Gasteiger partial charge is 0.293 e. The Balaban J connectivity index is 2.40. The SMILES string of the molecule is CC(C)=Nn1nnnc1-n1cc(CO)nn1. The summed E-state index contributed by atoms with van der Waals surface area (Å²) >= 11 is 0. The molecule has 9 nitrogen and oxygen atoms in total. The van der Waals surface area contributed by atoms with Gasteiger partial charge in [0.25, 0.3) is 5.95 Å². The molecule has 2 aromatic heterocycles. The summed E-state index contributed by atoms with van der Waals surface area (Å²) < 4.78 is 1.35. The van der Waals surface area contributed by atoms with Gasteiger partial charge in [-0.05, 0) is 24.3 Å². The van der Waals surface area contributed by atoms with Gasteiger partial charge in [0.2, 0.25) is 0 Å². The quantitative estimate of drug-likeness (QED) is 0.667. The van der Waals surface area contributed by atoms with E-state index < -0.39 is 0 Å². The molecule has 84 valence electrons. The minimum Gasteiger partial charge on any atom is -0.390 e. The molecule has 2 rings (SSSR count). The first kappa shape index (κ1) is 10.4. The molecule has 0 bridgehead atoms. The van der Waals surface area contributed by atoms with Gasteiger partial charge in [-0.15, -0.1) is 5.10 Å². The zero-order chi connectivity index (χ0) is 11.5. The van der Waals surface area contributed by atoms with E-state index in [4.69, 9.17) is 5.11 Å². The molecule has 0 amide bonds. The van der Waals surface area contributed by atoms with Crippen LogP contribution in [0.2, 0.25) is 0 Å². The highest BCUT2D eigenvalue weighted by atomic mass is 16.3. The van der Waals surface area contributed by atoms with Gasteiger partial charge in [-0.2, -0.15) is 9.78 Å². The van der Waals surface area contributed by atoms with Crippen molar-refractivity contribution in [3.63, 3.8) is 0 Å². The zero-order valence-corrected chi connectivity index (χ0v) is 8.81. The van der Waals surface area contributed by atoms with E-state index in [0.717, 1.165) is 5.71 Å². The van der Waals surface area contributed by atoms with Crippen LogP contribution in [0.3, 0.4) is 0 Å². The molecule has 1 N–H and O–H groups in total. The molecule has 0 aromatic carbocycles. The Bertz CT molecular complexity index is 508. The summed E-state index contributed by atoms with van der Waals surface area (Å²) in [5.41, 5.74) is 1.24. The third kappa shape index (κ3) is 1.93. The first-order chi connectivity index (χ1) is 7.70. The lowest BCUT2D eigenvalue weighted by Gasteiger charge is -1.96. The number of rotatable bonds is 3. The van der Waals surface area contributed by atoms with E-state index >= 15 is 0 Å². The Labute approximate surface area is 90.4 Å². The average Bonchev–Trinajstić information content (AvgIpc) is 2.84. The van der Waals surface area contributed by atoms with Gasteiger partial charge in [0.1, 0.15) is 5.69 Å². The van der Waals surface area contributed by atoms with Crippen LogP contribution < -0.4 is 0 Å². The fourth-order valence-corrected chi connectivity index (χ4v) is 1.04. The predicted molar refractivity (Wildman–Crippen MR) is 52.8 cm³/mol. The van der Waals surface area contributed by atoms with Crippen molar-refractivity contribution in [1.82, 2.24) is 35.3 Å². The number of hydrogen-bond donors (Lipinski definition) is 1. The number of aromatic nitrogens is 7. The van der Waals surface area contributed by atoms with Gasteiger partial charge < -0.3 is 5.11 Å². The van der Waals surface area contributed by atoms with Crippen molar-refractivity contribution >= 4 is 5.71 Å². The third-order valence-electron chi connectivity index (χ3n) is 1.64. The van der Waals surface area contributed by atoms with Crippen LogP contribution in [0.4, 0.5) is 0 Å². The Kier molecular flexibility index (Phi) is 2.68. The fraction of sp³-hybridized carbons (Fsp3) is 0.429. The van der Waals surface area contributed by atoms with Crippen LogP contribution in [-0.4, -0.2) is 46.1 Å². The molecule has 0 spiro atoms. The van der Waals surface area contributed by atoms with Gasteiger partial charge in [0, 0.05) is 5.71 Å². The van der Waals surface area contributed by atoms with Gasteiger partial charge in [0.15, 0.2) is 0 Å². The second kappa shape index (κ2) is 4.14. The van der Waals surface area contributed by atoms with Gasteiger partial charge in [-0.1, -0.05) is 15.1 Å². The van der Waals surface area contributed by atoms with E-state index in [1.54, 1.807) is 0 Å². The Morgan fingerprint density at radius 3 is 2.81 bits per heavy atom. The second-order valence-electron chi connectivity index (χ2n) is 3.23. The number of aliphatic hydroxyl groups is 1. The molecule has 0 atom stereocenters. The Hall–Kier alpha value is -2.16. The molecule has 0 aliphatic heterocycles. The minimum absolute atomic E-state index is 0.183. The molecule has 0 unspecified atom stereocenters. The maximum atomic E-state index is 8.86. The zero-order valence-electron chi connectivity index (χ0n) is 8.81.